The van der Waals surface area contributed by atoms with Gasteiger partial charge < -0.3 is 10.0 Å². The molecule has 5 nitrogen and oxygen atoms in total. The van der Waals surface area contributed by atoms with E-state index in [-0.39, 0.29) is 23.4 Å². The van der Waals surface area contributed by atoms with E-state index < -0.39 is 6.10 Å². The molecule has 0 saturated carbocycles. The number of para-hydroxylation sites is 1. The summed E-state index contributed by atoms with van der Waals surface area (Å²) >= 11 is 0. The summed E-state index contributed by atoms with van der Waals surface area (Å²) in [7, 11) is 2.01. The third-order valence-corrected chi connectivity index (χ3v) is 3.37. The predicted molar refractivity (Wildman–Crippen MR) is 87.5 cm³/mol. The van der Waals surface area contributed by atoms with Crippen LogP contribution in [0.5, 0.6) is 0 Å². The second-order valence-electron chi connectivity index (χ2n) is 4.54. The number of hydrogen-bond acceptors (Lipinski definition) is 2. The fourth-order valence-electron chi connectivity index (χ4n) is 2.04. The standard InChI is InChI=1S/C16H19NO.3CO.Cr/c1-13(16(18)14-9-5-3-6-10-14)17(2)15-11-7-4-8-12-15;3*1-2;/h3-13,16,18H,1-2H3;;;;/t13-,16+;;;;/m0..../s1. The molecular weight excluding hydrogens is 358 g/mol. The van der Waals surface area contributed by atoms with Crippen molar-refractivity contribution in [3.8, 4) is 0 Å². The molecule has 0 aliphatic heterocycles. The maximum atomic E-state index is 10.4. The van der Waals surface area contributed by atoms with E-state index in [9.17, 15) is 5.11 Å². The van der Waals surface area contributed by atoms with Gasteiger partial charge in [-0.15, -0.1) is 0 Å². The molecule has 1 N–H and O–H groups in total. The van der Waals surface area contributed by atoms with Crippen molar-refractivity contribution in [3.05, 3.63) is 86.2 Å². The maximum absolute atomic E-state index is 10.4. The first kappa shape index (κ1) is 27.8. The molecule has 2 atom stereocenters. The Morgan fingerprint density at radius 3 is 1.56 bits per heavy atom. The second kappa shape index (κ2) is 18.3. The van der Waals surface area contributed by atoms with Crippen molar-refractivity contribution in [2.45, 2.75) is 19.1 Å². The van der Waals surface area contributed by atoms with Gasteiger partial charge >= 0.3 is 33.9 Å². The van der Waals surface area contributed by atoms with Crippen LogP contribution in [-0.4, -0.2) is 18.2 Å². The number of anilines is 1. The van der Waals surface area contributed by atoms with Crippen LogP contribution in [-0.2, 0) is 31.3 Å². The Morgan fingerprint density at radius 2 is 1.16 bits per heavy atom. The molecule has 2 rings (SSSR count). The van der Waals surface area contributed by atoms with E-state index >= 15 is 0 Å². The number of hydrogen-bond donors (Lipinski definition) is 1. The quantitative estimate of drug-likeness (QED) is 0.656. The summed E-state index contributed by atoms with van der Waals surface area (Å²) < 4.78 is 22.5. The average molecular weight is 377 g/mol. The molecule has 0 fully saturated rings. The van der Waals surface area contributed by atoms with Crippen molar-refractivity contribution in [2.24, 2.45) is 0 Å². The molecule has 130 valence electrons. The van der Waals surface area contributed by atoms with Gasteiger partial charge in [0.15, 0.2) is 0 Å². The van der Waals surface area contributed by atoms with Gasteiger partial charge in [0.1, 0.15) is 0 Å². The second-order valence-corrected chi connectivity index (χ2v) is 4.54. The molecule has 0 spiro atoms. The Bertz CT molecular complexity index is 539. The van der Waals surface area contributed by atoms with Gasteiger partial charge in [-0.1, -0.05) is 48.5 Å². The molecule has 0 radical (unpaired) electrons. The molecule has 0 amide bonds. The van der Waals surface area contributed by atoms with E-state index in [0.717, 1.165) is 11.3 Å². The first-order valence-electron chi connectivity index (χ1n) is 6.82. The first-order valence-corrected chi connectivity index (χ1v) is 6.82. The van der Waals surface area contributed by atoms with E-state index in [2.05, 4.69) is 24.9 Å². The minimum Gasteiger partial charge on any atom is 0 e. The van der Waals surface area contributed by atoms with Crippen molar-refractivity contribution >= 4 is 5.69 Å². The molecular formula is C19H19CrNO4. The van der Waals surface area contributed by atoms with Crippen LogP contribution in [0.4, 0.5) is 5.69 Å². The van der Waals surface area contributed by atoms with E-state index in [1.807, 2.05) is 74.6 Å². The van der Waals surface area contributed by atoms with Crippen LogP contribution in [0.2, 0.25) is 0 Å². The molecule has 25 heavy (non-hydrogen) atoms. The molecule has 0 saturated heterocycles. The normalized spacial score (nSPS) is 10.3. The number of nitrogens with zero attached hydrogens (tertiary/aromatic N) is 1. The summed E-state index contributed by atoms with van der Waals surface area (Å²) in [5.74, 6) is 0. The fourth-order valence-corrected chi connectivity index (χ4v) is 2.04. The summed E-state index contributed by atoms with van der Waals surface area (Å²) in [5.41, 5.74) is 2.06. The number of likely N-dealkylation sites (N-methyl/N-ethyl adjacent to an activating group) is 1. The molecule has 0 aromatic heterocycles. The van der Waals surface area contributed by atoms with Crippen LogP contribution in [0.3, 0.4) is 0 Å². The maximum Gasteiger partial charge on any atom is 0 e. The smallest absolute Gasteiger partial charge is 0 e. The van der Waals surface area contributed by atoms with Gasteiger partial charge in [-0.25, -0.2) is 0 Å². The van der Waals surface area contributed by atoms with Crippen LogP contribution >= 0.6 is 0 Å². The van der Waals surface area contributed by atoms with E-state index in [4.69, 9.17) is 14.0 Å². The zero-order chi connectivity index (χ0) is 19.0. The van der Waals surface area contributed by atoms with Crippen LogP contribution in [0.1, 0.15) is 18.6 Å². The number of aliphatic hydroxyl groups is 1. The van der Waals surface area contributed by atoms with Gasteiger partial charge in [-0.05, 0) is 24.6 Å². The SMILES string of the molecule is C[C@@H]([C@@H](O)c1ccccc1)N(C)c1ccccc1.[C-]#[O+].[C-]#[O+].[C-]#[O+].[Cr]. The Labute approximate surface area is 159 Å². The van der Waals surface area contributed by atoms with Crippen molar-refractivity contribution in [1.82, 2.24) is 0 Å². The van der Waals surface area contributed by atoms with Crippen LogP contribution in [0, 0.1) is 20.0 Å². The summed E-state index contributed by atoms with van der Waals surface area (Å²) in [6, 6.07) is 19.9. The van der Waals surface area contributed by atoms with Gasteiger partial charge in [0.2, 0.25) is 0 Å². The van der Waals surface area contributed by atoms with Crippen molar-refractivity contribution < 1.29 is 36.4 Å². The zero-order valence-electron chi connectivity index (χ0n) is 14.0. The molecule has 2 aromatic rings. The van der Waals surface area contributed by atoms with Crippen molar-refractivity contribution in [2.75, 3.05) is 11.9 Å². The monoisotopic (exact) mass is 377 g/mol. The third-order valence-electron chi connectivity index (χ3n) is 3.37. The molecule has 0 unspecified atom stereocenters. The summed E-state index contributed by atoms with van der Waals surface area (Å²) in [6.07, 6.45) is -0.489. The molecule has 2 aromatic carbocycles. The molecule has 0 bridgehead atoms. The largest absolute Gasteiger partial charge is 0 e. The number of aliphatic hydroxyl groups excluding tert-OH is 1. The molecule has 6 heteroatoms. The Balaban J connectivity index is -0.000000626. The molecule has 0 aliphatic carbocycles. The predicted octanol–water partition coefficient (Wildman–Crippen LogP) is 3.13. The van der Waals surface area contributed by atoms with Crippen molar-refractivity contribution in [1.29, 1.82) is 0 Å². The summed E-state index contributed by atoms with van der Waals surface area (Å²) in [4.78, 5) is 2.09. The van der Waals surface area contributed by atoms with Gasteiger partial charge in [-0.2, -0.15) is 0 Å². The van der Waals surface area contributed by atoms with Crippen LogP contribution in [0.25, 0.3) is 0 Å². The Hall–Kier alpha value is -2.05. The van der Waals surface area contributed by atoms with Gasteiger partial charge in [-0.3, -0.25) is 0 Å². The van der Waals surface area contributed by atoms with Gasteiger partial charge in [0, 0.05) is 30.1 Å². The van der Waals surface area contributed by atoms with E-state index in [1.54, 1.807) is 0 Å². The van der Waals surface area contributed by atoms with Gasteiger partial charge in [0.25, 0.3) is 0 Å². The van der Waals surface area contributed by atoms with Crippen molar-refractivity contribution in [3.63, 3.8) is 0 Å². The van der Waals surface area contributed by atoms with E-state index in [1.165, 1.54) is 0 Å². The van der Waals surface area contributed by atoms with Gasteiger partial charge in [0.05, 0.1) is 12.1 Å². The molecule has 0 heterocycles. The minimum absolute atomic E-state index is 0. The topological polar surface area (TPSA) is 83.2 Å². The summed E-state index contributed by atoms with van der Waals surface area (Å²) in [5, 5.41) is 10.4. The fraction of sp³-hybridized carbons (Fsp3) is 0.211. The van der Waals surface area contributed by atoms with Crippen LogP contribution in [0.15, 0.2) is 60.7 Å². The van der Waals surface area contributed by atoms with E-state index in [0.29, 0.717) is 0 Å². The van der Waals surface area contributed by atoms with Crippen LogP contribution < -0.4 is 4.90 Å². The minimum atomic E-state index is -0.489. The Morgan fingerprint density at radius 1 is 0.800 bits per heavy atom. The summed E-state index contributed by atoms with van der Waals surface area (Å²) in [6.45, 7) is 15.5. The first-order chi connectivity index (χ1) is 11.7. The number of benzene rings is 2. The molecule has 0 aliphatic rings. The third kappa shape index (κ3) is 9.74. The Kier molecular flexibility index (Phi) is 20.3. The average Bonchev–Trinajstić information content (AvgIpc) is 2.72. The number of rotatable bonds is 4. The zero-order valence-corrected chi connectivity index (χ0v) is 15.2.